The number of H-pyrrole nitrogens is 1. The van der Waals surface area contributed by atoms with Crippen LogP contribution >= 0.6 is 23.1 Å². The Hall–Kier alpha value is -2.96. The lowest BCUT2D eigenvalue weighted by Crippen LogP contribution is -2.10. The number of nitrogens with one attached hydrogen (secondary N) is 1. The zero-order valence-electron chi connectivity index (χ0n) is 17.4. The predicted molar refractivity (Wildman–Crippen MR) is 132 cm³/mol. The minimum absolute atomic E-state index is 0.0921. The molecule has 0 fully saturated rings. The predicted octanol–water partition coefficient (Wildman–Crippen LogP) is 6.77. The Labute approximate surface area is 194 Å². The summed E-state index contributed by atoms with van der Waals surface area (Å²) in [6, 6.07) is 18.0. The molecule has 2 aromatic carbocycles. The monoisotopic (exact) mass is 455 g/mol. The van der Waals surface area contributed by atoms with Crippen molar-refractivity contribution in [1.29, 1.82) is 0 Å². The van der Waals surface area contributed by atoms with Gasteiger partial charge in [0.2, 0.25) is 0 Å². The zero-order chi connectivity index (χ0) is 21.5. The maximum absolute atomic E-state index is 13.9. The van der Waals surface area contributed by atoms with E-state index in [-0.39, 0.29) is 11.0 Å². The molecule has 6 heteroatoms. The number of aromatic amines is 1. The molecule has 5 aromatic rings. The van der Waals surface area contributed by atoms with E-state index in [0.717, 1.165) is 50.1 Å². The number of hydrogen-bond acceptors (Lipinski definition) is 5. The number of aryl methyl sites for hydroxylation is 2. The molecule has 0 unspecified atom stereocenters. The van der Waals surface area contributed by atoms with Crippen LogP contribution in [0.25, 0.3) is 21.1 Å². The van der Waals surface area contributed by atoms with Gasteiger partial charge in [0.25, 0.3) is 0 Å². The van der Waals surface area contributed by atoms with Gasteiger partial charge in [-0.1, -0.05) is 60.3 Å². The van der Waals surface area contributed by atoms with Gasteiger partial charge in [-0.2, -0.15) is 0 Å². The van der Waals surface area contributed by atoms with Crippen LogP contribution in [-0.2, 0) is 12.8 Å². The lowest BCUT2D eigenvalue weighted by molar-refractivity contribution is 0.0991. The molecule has 1 N–H and O–H groups in total. The minimum Gasteiger partial charge on any atom is -0.360 e. The van der Waals surface area contributed by atoms with Crippen LogP contribution in [-0.4, -0.2) is 20.7 Å². The van der Waals surface area contributed by atoms with Gasteiger partial charge in [0.15, 0.2) is 5.78 Å². The summed E-state index contributed by atoms with van der Waals surface area (Å²) in [4.78, 5) is 28.9. The Morgan fingerprint density at radius 3 is 2.72 bits per heavy atom. The van der Waals surface area contributed by atoms with Gasteiger partial charge in [-0.25, -0.2) is 9.97 Å². The van der Waals surface area contributed by atoms with Gasteiger partial charge in [0, 0.05) is 32.9 Å². The summed E-state index contributed by atoms with van der Waals surface area (Å²) in [6.07, 6.45) is 8.12. The Morgan fingerprint density at radius 2 is 1.81 bits per heavy atom. The Bertz CT molecular complexity index is 1440. The van der Waals surface area contributed by atoms with Gasteiger partial charge in [0.1, 0.15) is 16.2 Å². The summed E-state index contributed by atoms with van der Waals surface area (Å²) in [5, 5.41) is 2.65. The van der Waals surface area contributed by atoms with Crippen molar-refractivity contribution in [2.24, 2.45) is 0 Å². The number of carbonyl (C=O) groups excluding carboxylic acids is 1. The lowest BCUT2D eigenvalue weighted by atomic mass is 9.97. The van der Waals surface area contributed by atoms with Crippen molar-refractivity contribution >= 4 is 50.0 Å². The second-order valence-corrected chi connectivity index (χ2v) is 10.3. The number of aromatic nitrogens is 3. The normalized spacial score (nSPS) is 14.5. The van der Waals surface area contributed by atoms with Crippen molar-refractivity contribution in [3.63, 3.8) is 0 Å². The summed E-state index contributed by atoms with van der Waals surface area (Å²) in [6.45, 7) is 0. The maximum atomic E-state index is 13.9. The quantitative estimate of drug-likeness (QED) is 0.180. The topological polar surface area (TPSA) is 58.6 Å². The Kier molecular flexibility index (Phi) is 5.04. The zero-order valence-corrected chi connectivity index (χ0v) is 19.0. The first-order chi connectivity index (χ1) is 15.8. The third-order valence-electron chi connectivity index (χ3n) is 6.14. The molecule has 32 heavy (non-hydrogen) atoms. The van der Waals surface area contributed by atoms with Crippen LogP contribution in [0.3, 0.4) is 0 Å². The van der Waals surface area contributed by atoms with E-state index in [1.54, 1.807) is 29.4 Å². The molecule has 0 bridgehead atoms. The van der Waals surface area contributed by atoms with Crippen molar-refractivity contribution in [2.75, 3.05) is 0 Å². The number of ketones is 1. The highest BCUT2D eigenvalue weighted by atomic mass is 32.2. The smallest absolute Gasteiger partial charge is 0.182 e. The van der Waals surface area contributed by atoms with E-state index in [9.17, 15) is 4.79 Å². The van der Waals surface area contributed by atoms with Crippen LogP contribution in [0.1, 0.15) is 44.5 Å². The van der Waals surface area contributed by atoms with E-state index >= 15 is 0 Å². The number of nitrogens with zero attached hydrogens (tertiary/aromatic N) is 2. The van der Waals surface area contributed by atoms with Crippen molar-refractivity contribution < 1.29 is 4.79 Å². The number of carbonyl (C=O) groups is 1. The minimum atomic E-state index is -0.382. The molecule has 1 aliphatic carbocycles. The molecule has 0 aliphatic heterocycles. The van der Waals surface area contributed by atoms with E-state index < -0.39 is 0 Å². The van der Waals surface area contributed by atoms with Gasteiger partial charge >= 0.3 is 0 Å². The summed E-state index contributed by atoms with van der Waals surface area (Å²) in [5.41, 5.74) is 4.08. The van der Waals surface area contributed by atoms with E-state index in [2.05, 4.69) is 15.0 Å². The second kappa shape index (κ2) is 8.19. The average Bonchev–Trinajstić information content (AvgIpc) is 3.44. The standard InChI is InChI=1S/C26H21N3OS2/c30-23(19-14-27-20-12-6-4-10-17(19)20)24(16-8-2-1-3-9-16)32-26-22-18-11-5-7-13-21(18)31-25(22)28-15-29-26/h1-4,6,8-10,12,14-15,24,27H,5,7,11,13H2/t24-/m1/s1. The molecule has 0 spiro atoms. The van der Waals surface area contributed by atoms with Gasteiger partial charge in [-0.05, 0) is 42.9 Å². The first-order valence-electron chi connectivity index (χ1n) is 10.9. The Balaban J connectivity index is 1.47. The van der Waals surface area contributed by atoms with E-state index in [4.69, 9.17) is 0 Å². The number of rotatable bonds is 5. The highest BCUT2D eigenvalue weighted by Crippen LogP contribution is 2.44. The largest absolute Gasteiger partial charge is 0.360 e. The molecule has 3 aromatic heterocycles. The SMILES string of the molecule is O=C(c1c[nH]c2ccccc12)[C@H](Sc1ncnc2sc3c(c12)CCCC3)c1ccccc1. The summed E-state index contributed by atoms with van der Waals surface area (Å²) in [7, 11) is 0. The molecule has 4 nitrogen and oxygen atoms in total. The van der Waals surface area contributed by atoms with Crippen LogP contribution < -0.4 is 0 Å². The number of Topliss-reactive ketones (excluding diaryl/α,β-unsaturated/α-hetero) is 1. The lowest BCUT2D eigenvalue weighted by Gasteiger charge is -2.17. The molecule has 0 saturated carbocycles. The number of benzene rings is 2. The van der Waals surface area contributed by atoms with Crippen LogP contribution in [0.4, 0.5) is 0 Å². The summed E-state index contributed by atoms with van der Waals surface area (Å²) < 4.78 is 0. The first kappa shape index (κ1) is 19.7. The number of thioether (sulfide) groups is 1. The molecule has 0 saturated heterocycles. The van der Waals surface area contributed by atoms with E-state index in [0.29, 0.717) is 0 Å². The molecule has 158 valence electrons. The number of para-hydroxylation sites is 1. The fraction of sp³-hybridized carbons (Fsp3) is 0.192. The van der Waals surface area contributed by atoms with E-state index in [1.165, 1.54) is 23.3 Å². The van der Waals surface area contributed by atoms with E-state index in [1.807, 2.05) is 60.8 Å². The molecule has 0 amide bonds. The maximum Gasteiger partial charge on any atom is 0.182 e. The number of hydrogen-bond donors (Lipinski definition) is 1. The fourth-order valence-corrected chi connectivity index (χ4v) is 7.07. The van der Waals surface area contributed by atoms with Crippen LogP contribution in [0.5, 0.6) is 0 Å². The van der Waals surface area contributed by atoms with Gasteiger partial charge in [-0.3, -0.25) is 4.79 Å². The summed E-state index contributed by atoms with van der Waals surface area (Å²) in [5.74, 6) is 0.0921. The second-order valence-electron chi connectivity index (χ2n) is 8.09. The van der Waals surface area contributed by atoms with Crippen molar-refractivity contribution in [1.82, 2.24) is 15.0 Å². The van der Waals surface area contributed by atoms with Crippen molar-refractivity contribution in [3.8, 4) is 0 Å². The fourth-order valence-electron chi connectivity index (χ4n) is 4.58. The molecule has 1 atom stereocenters. The highest BCUT2D eigenvalue weighted by Gasteiger charge is 2.28. The summed E-state index contributed by atoms with van der Waals surface area (Å²) >= 11 is 3.35. The van der Waals surface area contributed by atoms with Crippen LogP contribution in [0.2, 0.25) is 0 Å². The van der Waals surface area contributed by atoms with Crippen molar-refractivity contribution in [3.05, 3.63) is 88.7 Å². The highest BCUT2D eigenvalue weighted by molar-refractivity contribution is 8.00. The molecule has 1 aliphatic rings. The molecule has 0 radical (unpaired) electrons. The third kappa shape index (κ3) is 3.34. The molecular weight excluding hydrogens is 434 g/mol. The Morgan fingerprint density at radius 1 is 1.00 bits per heavy atom. The molecule has 6 rings (SSSR count). The molecular formula is C26H21N3OS2. The van der Waals surface area contributed by atoms with Crippen molar-refractivity contribution in [2.45, 2.75) is 36.0 Å². The average molecular weight is 456 g/mol. The first-order valence-corrected chi connectivity index (χ1v) is 12.6. The van der Waals surface area contributed by atoms with Crippen LogP contribution in [0, 0.1) is 0 Å². The number of thiophene rings is 1. The van der Waals surface area contributed by atoms with Crippen LogP contribution in [0.15, 0.2) is 72.1 Å². The van der Waals surface area contributed by atoms with Gasteiger partial charge in [0.05, 0.1) is 5.25 Å². The number of fused-ring (bicyclic) bond motifs is 4. The third-order valence-corrected chi connectivity index (χ3v) is 8.60. The van der Waals surface area contributed by atoms with Gasteiger partial charge < -0.3 is 4.98 Å². The van der Waals surface area contributed by atoms with Gasteiger partial charge in [-0.15, -0.1) is 11.3 Å². The molecule has 3 heterocycles.